The van der Waals surface area contributed by atoms with E-state index >= 15 is 0 Å². The predicted octanol–water partition coefficient (Wildman–Crippen LogP) is 3.41. The molecule has 2 heteroatoms. The highest BCUT2D eigenvalue weighted by atomic mass is 14.4. The van der Waals surface area contributed by atoms with Gasteiger partial charge in [0.05, 0.1) is 17.6 Å². The van der Waals surface area contributed by atoms with E-state index in [4.69, 9.17) is 5.26 Å². The van der Waals surface area contributed by atoms with Crippen molar-refractivity contribution in [1.29, 1.82) is 10.5 Å². The molecule has 0 heterocycles. The van der Waals surface area contributed by atoms with Gasteiger partial charge in [-0.15, -0.1) is 0 Å². The summed E-state index contributed by atoms with van der Waals surface area (Å²) in [5, 5.41) is 18.2. The fourth-order valence-corrected chi connectivity index (χ4v) is 2.00. The van der Waals surface area contributed by atoms with Gasteiger partial charge in [0.15, 0.2) is 0 Å². The molecule has 0 amide bonds. The SMILES string of the molecule is CC(C)[C@](C#N)(CCC#N)c1ccccc1. The summed E-state index contributed by atoms with van der Waals surface area (Å²) in [5.74, 6) is 0.202. The van der Waals surface area contributed by atoms with Crippen LogP contribution in [0, 0.1) is 28.6 Å². The predicted molar refractivity (Wildman–Crippen MR) is 63.4 cm³/mol. The maximum Gasteiger partial charge on any atom is 0.0855 e. The Morgan fingerprint density at radius 3 is 2.25 bits per heavy atom. The summed E-state index contributed by atoms with van der Waals surface area (Å²) in [7, 11) is 0. The Kier molecular flexibility index (Phi) is 4.09. The van der Waals surface area contributed by atoms with E-state index in [1.807, 2.05) is 44.2 Å². The zero-order valence-corrected chi connectivity index (χ0v) is 9.77. The number of nitrogens with zero attached hydrogens (tertiary/aromatic N) is 2. The first-order valence-electron chi connectivity index (χ1n) is 5.51. The number of hydrogen-bond donors (Lipinski definition) is 0. The number of nitriles is 2. The molecular weight excluding hydrogens is 196 g/mol. The quantitative estimate of drug-likeness (QED) is 0.767. The van der Waals surface area contributed by atoms with Crippen molar-refractivity contribution in [2.75, 3.05) is 0 Å². The Hall–Kier alpha value is -1.80. The Morgan fingerprint density at radius 1 is 1.19 bits per heavy atom. The third-order valence-electron chi connectivity index (χ3n) is 3.11. The van der Waals surface area contributed by atoms with Crippen molar-refractivity contribution in [3.8, 4) is 12.1 Å². The van der Waals surface area contributed by atoms with Crippen molar-refractivity contribution in [2.24, 2.45) is 5.92 Å². The van der Waals surface area contributed by atoms with Gasteiger partial charge < -0.3 is 0 Å². The topological polar surface area (TPSA) is 47.6 Å². The Morgan fingerprint density at radius 2 is 1.81 bits per heavy atom. The van der Waals surface area contributed by atoms with E-state index in [0.29, 0.717) is 12.8 Å². The minimum absolute atomic E-state index is 0.202. The minimum atomic E-state index is -0.531. The molecule has 0 aliphatic heterocycles. The molecule has 1 aromatic carbocycles. The van der Waals surface area contributed by atoms with Gasteiger partial charge in [0, 0.05) is 6.42 Å². The van der Waals surface area contributed by atoms with E-state index in [-0.39, 0.29) is 5.92 Å². The fraction of sp³-hybridized carbons (Fsp3) is 0.429. The van der Waals surface area contributed by atoms with Crippen molar-refractivity contribution in [3.63, 3.8) is 0 Å². The summed E-state index contributed by atoms with van der Waals surface area (Å²) in [6.07, 6.45) is 1.02. The monoisotopic (exact) mass is 212 g/mol. The van der Waals surface area contributed by atoms with Crippen LogP contribution < -0.4 is 0 Å². The van der Waals surface area contributed by atoms with Crippen LogP contribution in [0.1, 0.15) is 32.3 Å². The minimum Gasteiger partial charge on any atom is -0.198 e. The van der Waals surface area contributed by atoms with Gasteiger partial charge in [-0.1, -0.05) is 44.2 Å². The van der Waals surface area contributed by atoms with Crippen LogP contribution in [0.2, 0.25) is 0 Å². The molecule has 16 heavy (non-hydrogen) atoms. The van der Waals surface area contributed by atoms with Crippen molar-refractivity contribution < 1.29 is 0 Å². The lowest BCUT2D eigenvalue weighted by molar-refractivity contribution is 0.372. The van der Waals surface area contributed by atoms with Gasteiger partial charge in [-0.05, 0) is 17.9 Å². The molecule has 0 N–H and O–H groups in total. The Labute approximate surface area is 97.1 Å². The summed E-state index contributed by atoms with van der Waals surface area (Å²) in [6.45, 7) is 4.07. The molecule has 1 atom stereocenters. The van der Waals surface area contributed by atoms with Gasteiger partial charge in [-0.2, -0.15) is 10.5 Å². The van der Waals surface area contributed by atoms with Crippen LogP contribution in [0.4, 0.5) is 0 Å². The fourth-order valence-electron chi connectivity index (χ4n) is 2.00. The third kappa shape index (κ3) is 2.23. The Balaban J connectivity index is 3.15. The van der Waals surface area contributed by atoms with Crippen LogP contribution in [0.25, 0.3) is 0 Å². The average Bonchev–Trinajstić information content (AvgIpc) is 2.31. The van der Waals surface area contributed by atoms with Crippen LogP contribution >= 0.6 is 0 Å². The first-order chi connectivity index (χ1) is 7.67. The molecular formula is C14H16N2. The van der Waals surface area contributed by atoms with E-state index in [9.17, 15) is 5.26 Å². The second-order valence-electron chi connectivity index (χ2n) is 4.26. The number of rotatable bonds is 4. The molecule has 0 saturated heterocycles. The summed E-state index contributed by atoms with van der Waals surface area (Å²) < 4.78 is 0. The molecule has 0 bridgehead atoms. The van der Waals surface area contributed by atoms with Gasteiger partial charge in [0.2, 0.25) is 0 Å². The lowest BCUT2D eigenvalue weighted by Crippen LogP contribution is -2.30. The van der Waals surface area contributed by atoms with E-state index in [0.717, 1.165) is 5.56 Å². The molecule has 1 rings (SSSR count). The molecule has 0 unspecified atom stereocenters. The molecule has 0 aliphatic carbocycles. The summed E-state index contributed by atoms with van der Waals surface area (Å²) in [5.41, 5.74) is 0.486. The van der Waals surface area contributed by atoms with Crippen LogP contribution in [-0.4, -0.2) is 0 Å². The number of hydrogen-bond acceptors (Lipinski definition) is 2. The van der Waals surface area contributed by atoms with Crippen molar-refractivity contribution in [2.45, 2.75) is 32.1 Å². The molecule has 0 fully saturated rings. The normalized spacial score (nSPS) is 13.8. The van der Waals surface area contributed by atoms with Gasteiger partial charge in [-0.25, -0.2) is 0 Å². The van der Waals surface area contributed by atoms with E-state index in [1.165, 1.54) is 0 Å². The molecule has 0 aliphatic rings. The lowest BCUT2D eigenvalue weighted by atomic mass is 9.70. The van der Waals surface area contributed by atoms with Gasteiger partial charge in [0.1, 0.15) is 0 Å². The van der Waals surface area contributed by atoms with E-state index in [1.54, 1.807) is 0 Å². The Bertz CT molecular complexity index is 409. The summed E-state index contributed by atoms with van der Waals surface area (Å²) in [6, 6.07) is 14.3. The molecule has 2 nitrogen and oxygen atoms in total. The molecule has 0 radical (unpaired) electrons. The molecule has 1 aromatic rings. The second-order valence-corrected chi connectivity index (χ2v) is 4.26. The maximum atomic E-state index is 9.47. The standard InChI is InChI=1S/C14H16N2/c1-12(2)14(11-16,9-6-10-15)13-7-4-3-5-8-13/h3-5,7-8,12H,6,9H2,1-2H3/t14-/m1/s1. The largest absolute Gasteiger partial charge is 0.198 e. The smallest absolute Gasteiger partial charge is 0.0855 e. The summed E-state index contributed by atoms with van der Waals surface area (Å²) in [4.78, 5) is 0. The molecule has 0 spiro atoms. The van der Waals surface area contributed by atoms with Crippen LogP contribution in [0.15, 0.2) is 30.3 Å². The molecule has 82 valence electrons. The van der Waals surface area contributed by atoms with Crippen LogP contribution in [0.3, 0.4) is 0 Å². The molecule has 0 saturated carbocycles. The molecule has 0 aromatic heterocycles. The average molecular weight is 212 g/mol. The second kappa shape index (κ2) is 5.33. The van der Waals surface area contributed by atoms with Gasteiger partial charge in [0.25, 0.3) is 0 Å². The third-order valence-corrected chi connectivity index (χ3v) is 3.11. The van der Waals surface area contributed by atoms with E-state index in [2.05, 4.69) is 12.1 Å². The lowest BCUT2D eigenvalue weighted by Gasteiger charge is -2.30. The van der Waals surface area contributed by atoms with Crippen LogP contribution in [0.5, 0.6) is 0 Å². The van der Waals surface area contributed by atoms with Crippen molar-refractivity contribution >= 4 is 0 Å². The van der Waals surface area contributed by atoms with Crippen molar-refractivity contribution in [3.05, 3.63) is 35.9 Å². The van der Waals surface area contributed by atoms with Gasteiger partial charge in [-0.3, -0.25) is 0 Å². The van der Waals surface area contributed by atoms with Crippen molar-refractivity contribution in [1.82, 2.24) is 0 Å². The zero-order valence-electron chi connectivity index (χ0n) is 9.77. The highest BCUT2D eigenvalue weighted by molar-refractivity contribution is 5.33. The maximum absolute atomic E-state index is 9.47. The number of benzene rings is 1. The summed E-state index contributed by atoms with van der Waals surface area (Å²) >= 11 is 0. The first kappa shape index (κ1) is 12.3. The highest BCUT2D eigenvalue weighted by Gasteiger charge is 2.35. The highest BCUT2D eigenvalue weighted by Crippen LogP contribution is 2.36. The first-order valence-corrected chi connectivity index (χ1v) is 5.51. The zero-order chi connectivity index (χ0) is 12.0. The van der Waals surface area contributed by atoms with E-state index < -0.39 is 5.41 Å². The van der Waals surface area contributed by atoms with Gasteiger partial charge >= 0.3 is 0 Å². The van der Waals surface area contributed by atoms with Crippen LogP contribution in [-0.2, 0) is 5.41 Å².